The molecule has 9 heteroatoms. The summed E-state index contributed by atoms with van der Waals surface area (Å²) in [6.07, 6.45) is 6.31. The van der Waals surface area contributed by atoms with Gasteiger partial charge in [0.2, 0.25) is 5.91 Å². The summed E-state index contributed by atoms with van der Waals surface area (Å²) in [5.74, 6) is -1.34. The van der Waals surface area contributed by atoms with Crippen LogP contribution >= 0.6 is 0 Å². The van der Waals surface area contributed by atoms with Crippen molar-refractivity contribution in [3.8, 4) is 0 Å². The number of ether oxygens (including phenoxy) is 1. The van der Waals surface area contributed by atoms with Gasteiger partial charge in [-0.15, -0.1) is 5.10 Å². The largest absolute Gasteiger partial charge is 0.452 e. The SMILES string of the molecule is CN(CC(=O)NC1CC1)C(=O)COC(=O)/C=C/c1cn(Cc2ccccc2)nn1. The normalized spacial score (nSPS) is 13.3. The number of esters is 1. The van der Waals surface area contributed by atoms with Crippen LogP contribution in [0, 0.1) is 0 Å². The molecular formula is C20H23N5O4. The molecule has 1 aromatic carbocycles. The first-order valence-corrected chi connectivity index (χ1v) is 9.32. The molecule has 9 nitrogen and oxygen atoms in total. The first kappa shape index (κ1) is 20.2. The highest BCUT2D eigenvalue weighted by molar-refractivity contribution is 5.90. The Hall–Kier alpha value is -3.49. The van der Waals surface area contributed by atoms with Crippen LogP contribution in [0.2, 0.25) is 0 Å². The van der Waals surface area contributed by atoms with Gasteiger partial charge in [0.05, 0.1) is 19.3 Å². The van der Waals surface area contributed by atoms with Gasteiger partial charge in [0.15, 0.2) is 6.61 Å². The Balaban J connectivity index is 1.40. The van der Waals surface area contributed by atoms with Crippen LogP contribution in [0.1, 0.15) is 24.1 Å². The van der Waals surface area contributed by atoms with Crippen molar-refractivity contribution in [1.29, 1.82) is 0 Å². The fourth-order valence-electron chi connectivity index (χ4n) is 2.49. The highest BCUT2D eigenvalue weighted by Crippen LogP contribution is 2.18. The number of hydrogen-bond acceptors (Lipinski definition) is 6. The number of carbonyl (C=O) groups excluding carboxylic acids is 3. The van der Waals surface area contributed by atoms with E-state index in [2.05, 4.69) is 15.6 Å². The van der Waals surface area contributed by atoms with Crippen LogP contribution in [-0.2, 0) is 25.7 Å². The smallest absolute Gasteiger partial charge is 0.331 e. The summed E-state index contributed by atoms with van der Waals surface area (Å²) in [6.45, 7) is 0.0750. The number of benzene rings is 1. The average molecular weight is 397 g/mol. The Labute approximate surface area is 168 Å². The third-order valence-electron chi connectivity index (χ3n) is 4.22. The van der Waals surface area contributed by atoms with E-state index in [1.807, 2.05) is 30.3 Å². The Morgan fingerprint density at radius 2 is 2.03 bits per heavy atom. The first-order chi connectivity index (χ1) is 14.0. The van der Waals surface area contributed by atoms with Crippen molar-refractivity contribution in [3.05, 3.63) is 53.9 Å². The lowest BCUT2D eigenvalue weighted by molar-refractivity contribution is -0.148. The quantitative estimate of drug-likeness (QED) is 0.491. The molecule has 0 bridgehead atoms. The molecule has 29 heavy (non-hydrogen) atoms. The van der Waals surface area contributed by atoms with E-state index in [4.69, 9.17) is 4.74 Å². The minimum atomic E-state index is -0.674. The van der Waals surface area contributed by atoms with Crippen molar-refractivity contribution in [2.45, 2.75) is 25.4 Å². The van der Waals surface area contributed by atoms with Crippen molar-refractivity contribution in [2.75, 3.05) is 20.2 Å². The van der Waals surface area contributed by atoms with E-state index in [0.29, 0.717) is 12.2 Å². The maximum Gasteiger partial charge on any atom is 0.331 e. The molecular weight excluding hydrogens is 374 g/mol. The number of amides is 2. The third-order valence-corrected chi connectivity index (χ3v) is 4.22. The zero-order chi connectivity index (χ0) is 20.6. The van der Waals surface area contributed by atoms with Gasteiger partial charge >= 0.3 is 5.97 Å². The Kier molecular flexibility index (Phi) is 6.72. The summed E-state index contributed by atoms with van der Waals surface area (Å²) in [5, 5.41) is 10.8. The summed E-state index contributed by atoms with van der Waals surface area (Å²) in [5.41, 5.74) is 1.58. The number of nitrogens with one attached hydrogen (secondary N) is 1. The van der Waals surface area contributed by atoms with E-state index in [0.717, 1.165) is 18.4 Å². The van der Waals surface area contributed by atoms with Crippen LogP contribution in [0.5, 0.6) is 0 Å². The summed E-state index contributed by atoms with van der Waals surface area (Å²) >= 11 is 0. The molecule has 1 N–H and O–H groups in total. The molecule has 0 unspecified atom stereocenters. The molecule has 1 heterocycles. The van der Waals surface area contributed by atoms with Gasteiger partial charge in [-0.2, -0.15) is 0 Å². The molecule has 0 saturated heterocycles. The lowest BCUT2D eigenvalue weighted by atomic mass is 10.2. The van der Waals surface area contributed by atoms with Crippen LogP contribution in [-0.4, -0.2) is 63.9 Å². The molecule has 2 amide bonds. The number of rotatable bonds is 9. The summed E-state index contributed by atoms with van der Waals surface area (Å²) in [4.78, 5) is 36.7. The predicted molar refractivity (Wildman–Crippen MR) is 104 cm³/mol. The van der Waals surface area contributed by atoms with Gasteiger partial charge < -0.3 is 15.0 Å². The van der Waals surface area contributed by atoms with Gasteiger partial charge in [-0.3, -0.25) is 9.59 Å². The molecule has 0 radical (unpaired) electrons. The van der Waals surface area contributed by atoms with Crippen molar-refractivity contribution in [1.82, 2.24) is 25.2 Å². The van der Waals surface area contributed by atoms with E-state index in [9.17, 15) is 14.4 Å². The van der Waals surface area contributed by atoms with Gasteiger partial charge in [-0.1, -0.05) is 35.5 Å². The molecule has 1 saturated carbocycles. The molecule has 3 rings (SSSR count). The standard InChI is InChI=1S/C20H23N5O4/c1-24(13-18(26)21-16-7-8-16)19(27)14-29-20(28)10-9-17-12-25(23-22-17)11-15-5-3-2-4-6-15/h2-6,9-10,12,16H,7-8,11,13-14H2,1H3,(H,21,26)/b10-9+. The molecule has 0 aliphatic heterocycles. The lowest BCUT2D eigenvalue weighted by Gasteiger charge is -2.16. The molecule has 0 spiro atoms. The highest BCUT2D eigenvalue weighted by Gasteiger charge is 2.24. The second-order valence-electron chi connectivity index (χ2n) is 6.86. The Morgan fingerprint density at radius 3 is 2.76 bits per heavy atom. The fraction of sp³-hybridized carbons (Fsp3) is 0.350. The minimum absolute atomic E-state index is 0.0623. The third kappa shape index (κ3) is 6.87. The topological polar surface area (TPSA) is 106 Å². The zero-order valence-corrected chi connectivity index (χ0v) is 16.2. The van der Waals surface area contributed by atoms with Crippen molar-refractivity contribution in [3.63, 3.8) is 0 Å². The molecule has 1 aliphatic carbocycles. The summed E-state index contributed by atoms with van der Waals surface area (Å²) < 4.78 is 6.58. The van der Waals surface area contributed by atoms with Gasteiger partial charge in [0.1, 0.15) is 5.69 Å². The Morgan fingerprint density at radius 1 is 1.28 bits per heavy atom. The van der Waals surface area contributed by atoms with Crippen molar-refractivity contribution < 1.29 is 19.1 Å². The molecule has 1 aliphatic rings. The summed E-state index contributed by atoms with van der Waals surface area (Å²) in [6, 6.07) is 10.0. The lowest BCUT2D eigenvalue weighted by Crippen LogP contribution is -2.40. The van der Waals surface area contributed by atoms with E-state index >= 15 is 0 Å². The van der Waals surface area contributed by atoms with Crippen LogP contribution < -0.4 is 5.32 Å². The van der Waals surface area contributed by atoms with Crippen LogP contribution in [0.3, 0.4) is 0 Å². The summed E-state index contributed by atoms with van der Waals surface area (Å²) in [7, 11) is 1.49. The molecule has 152 valence electrons. The van der Waals surface area contributed by atoms with Crippen molar-refractivity contribution >= 4 is 23.9 Å². The number of aromatic nitrogens is 3. The molecule has 1 aromatic heterocycles. The van der Waals surface area contributed by atoms with Crippen molar-refractivity contribution in [2.24, 2.45) is 0 Å². The number of nitrogens with zero attached hydrogens (tertiary/aromatic N) is 4. The van der Waals surface area contributed by atoms with Gasteiger partial charge in [0.25, 0.3) is 5.91 Å². The molecule has 1 fully saturated rings. The fourth-order valence-corrected chi connectivity index (χ4v) is 2.49. The van der Waals surface area contributed by atoms with Crippen LogP contribution in [0.15, 0.2) is 42.6 Å². The second-order valence-corrected chi connectivity index (χ2v) is 6.86. The van der Waals surface area contributed by atoms with Crippen LogP contribution in [0.25, 0.3) is 6.08 Å². The maximum absolute atomic E-state index is 12.0. The molecule has 0 atom stereocenters. The minimum Gasteiger partial charge on any atom is -0.452 e. The van der Waals surface area contributed by atoms with E-state index < -0.39 is 18.5 Å². The number of likely N-dealkylation sites (N-methyl/N-ethyl adjacent to an activating group) is 1. The molecule has 2 aromatic rings. The van der Waals surface area contributed by atoms with Gasteiger partial charge in [-0.05, 0) is 24.5 Å². The predicted octanol–water partition coefficient (Wildman–Crippen LogP) is 0.620. The first-order valence-electron chi connectivity index (χ1n) is 9.32. The van der Waals surface area contributed by atoms with E-state index in [-0.39, 0.29) is 18.5 Å². The average Bonchev–Trinajstić information content (AvgIpc) is 3.41. The van der Waals surface area contributed by atoms with Gasteiger partial charge in [-0.25, -0.2) is 9.48 Å². The monoisotopic (exact) mass is 397 g/mol. The zero-order valence-electron chi connectivity index (χ0n) is 16.2. The number of carbonyl (C=O) groups is 3. The van der Waals surface area contributed by atoms with E-state index in [1.165, 1.54) is 24.1 Å². The van der Waals surface area contributed by atoms with Crippen LogP contribution in [0.4, 0.5) is 0 Å². The number of hydrogen-bond donors (Lipinski definition) is 1. The highest BCUT2D eigenvalue weighted by atomic mass is 16.5. The van der Waals surface area contributed by atoms with E-state index in [1.54, 1.807) is 10.9 Å². The second kappa shape index (κ2) is 9.63. The maximum atomic E-state index is 12.0. The Bertz CT molecular complexity index is 889. The van der Waals surface area contributed by atoms with Gasteiger partial charge in [0, 0.05) is 19.2 Å².